The number of rotatable bonds is 5. The number of anilines is 2. The zero-order valence-electron chi connectivity index (χ0n) is 9.25. The summed E-state index contributed by atoms with van der Waals surface area (Å²) in [4.78, 5) is 0. The van der Waals surface area contributed by atoms with Crippen molar-refractivity contribution in [2.24, 2.45) is 0 Å². The highest BCUT2D eigenvalue weighted by atomic mass is 15.3. The topological polar surface area (TPSA) is 55.9 Å². The average Bonchev–Trinajstić information content (AvgIpc) is 2.48. The lowest BCUT2D eigenvalue weighted by Crippen LogP contribution is -2.11. The maximum atomic E-state index is 5.82. The molecule has 0 bridgehead atoms. The summed E-state index contributed by atoms with van der Waals surface area (Å²) in [6.07, 6.45) is 4.04. The lowest BCUT2D eigenvalue weighted by atomic mass is 10.3. The molecule has 14 heavy (non-hydrogen) atoms. The van der Waals surface area contributed by atoms with Gasteiger partial charge in [-0.15, -0.1) is 0 Å². The Morgan fingerprint density at radius 3 is 2.86 bits per heavy atom. The van der Waals surface area contributed by atoms with Crippen LogP contribution in [-0.4, -0.2) is 16.3 Å². The highest BCUT2D eigenvalue weighted by molar-refractivity contribution is 5.60. The maximum Gasteiger partial charge on any atom is 0.147 e. The van der Waals surface area contributed by atoms with E-state index in [-0.39, 0.29) is 0 Å². The minimum atomic E-state index is 0.344. The van der Waals surface area contributed by atoms with Gasteiger partial charge in [0.2, 0.25) is 0 Å². The van der Waals surface area contributed by atoms with Gasteiger partial charge >= 0.3 is 0 Å². The molecule has 0 radical (unpaired) electrons. The van der Waals surface area contributed by atoms with E-state index in [1.165, 1.54) is 6.42 Å². The van der Waals surface area contributed by atoms with Crippen molar-refractivity contribution in [3.8, 4) is 0 Å². The summed E-state index contributed by atoms with van der Waals surface area (Å²) in [7, 11) is 0. The molecule has 0 aliphatic rings. The number of unbranched alkanes of at least 4 members (excludes halogenated alkanes) is 1. The lowest BCUT2D eigenvalue weighted by molar-refractivity contribution is 0.537. The molecule has 0 unspecified atom stereocenters. The van der Waals surface area contributed by atoms with Gasteiger partial charge in [0.25, 0.3) is 0 Å². The summed E-state index contributed by atoms with van der Waals surface area (Å²) in [6, 6.07) is 0.344. The molecule has 0 amide bonds. The van der Waals surface area contributed by atoms with Crippen LogP contribution in [0.4, 0.5) is 11.5 Å². The predicted octanol–water partition coefficient (Wildman–Crippen LogP) is 2.26. The Morgan fingerprint density at radius 2 is 2.29 bits per heavy atom. The Hall–Kier alpha value is -1.19. The van der Waals surface area contributed by atoms with E-state index < -0.39 is 0 Å². The molecule has 0 aromatic carbocycles. The molecular formula is C10H20N4. The summed E-state index contributed by atoms with van der Waals surface area (Å²) in [5.74, 6) is 0.952. The summed E-state index contributed by atoms with van der Waals surface area (Å²) in [6.45, 7) is 7.32. The second-order valence-electron chi connectivity index (χ2n) is 3.77. The zero-order chi connectivity index (χ0) is 10.6. The Labute approximate surface area is 85.5 Å². The first-order chi connectivity index (χ1) is 6.66. The summed E-state index contributed by atoms with van der Waals surface area (Å²) in [5, 5.41) is 7.54. The van der Waals surface area contributed by atoms with Crippen molar-refractivity contribution >= 4 is 11.5 Å². The number of nitrogen functional groups attached to an aromatic ring is 1. The third-order valence-corrected chi connectivity index (χ3v) is 2.14. The summed E-state index contributed by atoms with van der Waals surface area (Å²) >= 11 is 0. The van der Waals surface area contributed by atoms with Gasteiger partial charge in [-0.3, -0.25) is 0 Å². The maximum absolute atomic E-state index is 5.82. The molecule has 0 aliphatic carbocycles. The molecule has 4 nitrogen and oxygen atoms in total. The summed E-state index contributed by atoms with van der Waals surface area (Å²) in [5.41, 5.74) is 6.55. The lowest BCUT2D eigenvalue weighted by Gasteiger charge is -2.12. The second kappa shape index (κ2) is 4.88. The van der Waals surface area contributed by atoms with E-state index in [1.807, 2.05) is 4.68 Å². The molecule has 0 atom stereocenters. The Bertz CT molecular complexity index is 278. The van der Waals surface area contributed by atoms with Crippen molar-refractivity contribution in [3.63, 3.8) is 0 Å². The normalized spacial score (nSPS) is 10.9. The van der Waals surface area contributed by atoms with E-state index >= 15 is 0 Å². The SMILES string of the molecule is CCCCNc1c(N)cnn1C(C)C. The molecule has 80 valence electrons. The fourth-order valence-electron chi connectivity index (χ4n) is 1.33. The molecule has 4 heteroatoms. The molecule has 3 N–H and O–H groups in total. The zero-order valence-corrected chi connectivity index (χ0v) is 9.25. The highest BCUT2D eigenvalue weighted by Gasteiger charge is 2.09. The number of nitrogens with zero attached hydrogens (tertiary/aromatic N) is 2. The first-order valence-electron chi connectivity index (χ1n) is 5.23. The first kappa shape index (κ1) is 10.9. The Morgan fingerprint density at radius 1 is 1.57 bits per heavy atom. The van der Waals surface area contributed by atoms with Gasteiger partial charge in [0, 0.05) is 12.6 Å². The highest BCUT2D eigenvalue weighted by Crippen LogP contribution is 2.21. The number of aromatic nitrogens is 2. The standard InChI is InChI=1S/C10H20N4/c1-4-5-6-12-10-9(11)7-13-14(10)8(2)3/h7-8,12H,4-6,11H2,1-3H3. The van der Waals surface area contributed by atoms with Gasteiger partial charge in [0.05, 0.1) is 11.9 Å². The minimum Gasteiger partial charge on any atom is -0.394 e. The number of hydrogen-bond acceptors (Lipinski definition) is 3. The van der Waals surface area contributed by atoms with Crippen LogP contribution in [0.3, 0.4) is 0 Å². The number of nitrogens with one attached hydrogen (secondary N) is 1. The van der Waals surface area contributed by atoms with Crippen LogP contribution in [0.15, 0.2) is 6.20 Å². The van der Waals surface area contributed by atoms with E-state index in [9.17, 15) is 0 Å². The molecule has 0 saturated heterocycles. The quantitative estimate of drug-likeness (QED) is 0.710. The molecule has 0 saturated carbocycles. The number of nitrogens with two attached hydrogens (primary N) is 1. The second-order valence-corrected chi connectivity index (χ2v) is 3.77. The van der Waals surface area contributed by atoms with Crippen molar-refractivity contribution < 1.29 is 0 Å². The molecule has 1 rings (SSSR count). The van der Waals surface area contributed by atoms with Crippen LogP contribution in [-0.2, 0) is 0 Å². The van der Waals surface area contributed by atoms with Gasteiger partial charge in [0.1, 0.15) is 5.82 Å². The number of hydrogen-bond donors (Lipinski definition) is 2. The monoisotopic (exact) mass is 196 g/mol. The van der Waals surface area contributed by atoms with Crippen LogP contribution >= 0.6 is 0 Å². The van der Waals surface area contributed by atoms with Crippen molar-refractivity contribution in [2.45, 2.75) is 39.7 Å². The van der Waals surface area contributed by atoms with Crippen LogP contribution in [0.5, 0.6) is 0 Å². The van der Waals surface area contributed by atoms with Gasteiger partial charge < -0.3 is 11.1 Å². The fourth-order valence-corrected chi connectivity index (χ4v) is 1.33. The largest absolute Gasteiger partial charge is 0.394 e. The van der Waals surface area contributed by atoms with E-state index in [2.05, 4.69) is 31.2 Å². The third kappa shape index (κ3) is 2.40. The van der Waals surface area contributed by atoms with Crippen LogP contribution in [0.2, 0.25) is 0 Å². The van der Waals surface area contributed by atoms with Gasteiger partial charge in [-0.2, -0.15) is 5.10 Å². The molecule has 0 aliphatic heterocycles. The smallest absolute Gasteiger partial charge is 0.147 e. The van der Waals surface area contributed by atoms with Crippen molar-refractivity contribution in [1.82, 2.24) is 9.78 Å². The molecule has 0 fully saturated rings. The molecule has 0 spiro atoms. The first-order valence-corrected chi connectivity index (χ1v) is 5.23. The van der Waals surface area contributed by atoms with E-state index in [0.29, 0.717) is 6.04 Å². The van der Waals surface area contributed by atoms with Crippen molar-refractivity contribution in [1.29, 1.82) is 0 Å². The van der Waals surface area contributed by atoms with E-state index in [0.717, 1.165) is 24.5 Å². The van der Waals surface area contributed by atoms with Gasteiger partial charge in [-0.25, -0.2) is 4.68 Å². The fraction of sp³-hybridized carbons (Fsp3) is 0.700. The summed E-state index contributed by atoms with van der Waals surface area (Å²) < 4.78 is 1.92. The van der Waals surface area contributed by atoms with Gasteiger partial charge in [0.15, 0.2) is 0 Å². The van der Waals surface area contributed by atoms with E-state index in [4.69, 9.17) is 5.73 Å². The van der Waals surface area contributed by atoms with Crippen molar-refractivity contribution in [3.05, 3.63) is 6.20 Å². The van der Waals surface area contributed by atoms with Gasteiger partial charge in [-0.1, -0.05) is 13.3 Å². The molecule has 1 heterocycles. The Kier molecular flexibility index (Phi) is 3.80. The molecule has 1 aromatic heterocycles. The average molecular weight is 196 g/mol. The molecular weight excluding hydrogens is 176 g/mol. The van der Waals surface area contributed by atoms with Crippen LogP contribution in [0.1, 0.15) is 39.7 Å². The van der Waals surface area contributed by atoms with Crippen LogP contribution in [0.25, 0.3) is 0 Å². The third-order valence-electron chi connectivity index (χ3n) is 2.14. The van der Waals surface area contributed by atoms with Gasteiger partial charge in [-0.05, 0) is 20.3 Å². The predicted molar refractivity (Wildman–Crippen MR) is 60.4 cm³/mol. The van der Waals surface area contributed by atoms with Crippen LogP contribution in [0, 0.1) is 0 Å². The molecule has 1 aromatic rings. The Balaban J connectivity index is 2.67. The van der Waals surface area contributed by atoms with Crippen LogP contribution < -0.4 is 11.1 Å². The minimum absolute atomic E-state index is 0.344. The van der Waals surface area contributed by atoms with Crippen molar-refractivity contribution in [2.75, 3.05) is 17.6 Å². The van der Waals surface area contributed by atoms with E-state index in [1.54, 1.807) is 6.20 Å².